The van der Waals surface area contributed by atoms with Crippen LogP contribution in [0, 0.1) is 5.41 Å². The summed E-state index contributed by atoms with van der Waals surface area (Å²) in [6.45, 7) is 7.53. The molecule has 0 radical (unpaired) electrons. The molecule has 0 saturated carbocycles. The third-order valence-electron chi connectivity index (χ3n) is 2.81. The van der Waals surface area contributed by atoms with Gasteiger partial charge in [-0.3, -0.25) is 9.63 Å². The minimum atomic E-state index is -0.192. The lowest BCUT2D eigenvalue weighted by atomic mass is 9.96. The molecule has 0 aromatic carbocycles. The Bertz CT molecular complexity index is 263. The van der Waals surface area contributed by atoms with Gasteiger partial charge >= 0.3 is 0 Å². The maximum Gasteiger partial charge on any atom is 0.263 e. The van der Waals surface area contributed by atoms with Gasteiger partial charge in [-0.1, -0.05) is 20.8 Å². The first-order valence-electron chi connectivity index (χ1n) is 5.99. The van der Waals surface area contributed by atoms with Gasteiger partial charge in [0.25, 0.3) is 5.91 Å². The number of carbonyl (C=O) groups excluding carboxylic acids is 1. The molecule has 17 heavy (non-hydrogen) atoms. The van der Waals surface area contributed by atoms with Crippen LogP contribution in [0.25, 0.3) is 0 Å². The minimum Gasteiger partial charge on any atom is -0.380 e. The van der Waals surface area contributed by atoms with Gasteiger partial charge in [0.2, 0.25) is 0 Å². The zero-order valence-electron chi connectivity index (χ0n) is 11.4. The highest BCUT2D eigenvalue weighted by molar-refractivity contribution is 5.81. The van der Waals surface area contributed by atoms with Crippen molar-refractivity contribution >= 4 is 5.91 Å². The Balaban J connectivity index is 2.55. The average Bonchev–Trinajstić information content (AvgIpc) is 2.72. The molecule has 1 saturated heterocycles. The Hall–Kier alpha value is -0.650. The van der Waals surface area contributed by atoms with Crippen LogP contribution in [-0.2, 0) is 14.4 Å². The predicted octanol–water partition coefficient (Wildman–Crippen LogP) is 0.799. The quantitative estimate of drug-likeness (QED) is 0.743. The molecule has 1 rings (SSSR count). The third kappa shape index (κ3) is 4.26. The summed E-state index contributed by atoms with van der Waals surface area (Å²) < 4.78 is 5.23. The van der Waals surface area contributed by atoms with Crippen molar-refractivity contribution in [2.45, 2.75) is 39.3 Å². The molecule has 1 fully saturated rings. The zero-order valence-corrected chi connectivity index (χ0v) is 11.4. The normalized spacial score (nSPS) is 25.0. The van der Waals surface area contributed by atoms with E-state index in [1.165, 1.54) is 12.2 Å². The molecule has 5 heteroatoms. The number of hydroxylamine groups is 2. The zero-order chi connectivity index (χ0) is 13.1. The highest BCUT2D eigenvalue weighted by atomic mass is 16.7. The molecule has 2 unspecified atom stereocenters. The van der Waals surface area contributed by atoms with Crippen LogP contribution >= 0.6 is 0 Å². The Labute approximate surface area is 103 Å². The van der Waals surface area contributed by atoms with E-state index in [0.29, 0.717) is 13.0 Å². The van der Waals surface area contributed by atoms with Gasteiger partial charge in [0.15, 0.2) is 0 Å². The second-order valence-corrected chi connectivity index (χ2v) is 5.67. The van der Waals surface area contributed by atoms with Gasteiger partial charge < -0.3 is 10.1 Å². The molecule has 2 atom stereocenters. The third-order valence-corrected chi connectivity index (χ3v) is 2.81. The number of ether oxygens (including phenoxy) is 1. The number of nitrogens with one attached hydrogen (secondary N) is 1. The van der Waals surface area contributed by atoms with Gasteiger partial charge in [0.1, 0.15) is 0 Å². The molecule has 5 nitrogen and oxygen atoms in total. The van der Waals surface area contributed by atoms with Crippen molar-refractivity contribution in [3.8, 4) is 0 Å². The van der Waals surface area contributed by atoms with Crippen LogP contribution in [0.15, 0.2) is 0 Å². The summed E-state index contributed by atoms with van der Waals surface area (Å²) in [7, 11) is 3.20. The van der Waals surface area contributed by atoms with Crippen molar-refractivity contribution in [2.75, 3.05) is 27.3 Å². The molecule has 1 aliphatic heterocycles. The molecule has 1 amide bonds. The van der Waals surface area contributed by atoms with Crippen LogP contribution in [0.2, 0.25) is 0 Å². The van der Waals surface area contributed by atoms with Gasteiger partial charge in [0.05, 0.1) is 25.8 Å². The van der Waals surface area contributed by atoms with E-state index in [2.05, 4.69) is 26.1 Å². The highest BCUT2D eigenvalue weighted by Gasteiger charge is 2.33. The SMILES string of the molecule is COC1CNC(C(=O)N(CC(C)(C)C)OC)C1. The number of hydrogen-bond donors (Lipinski definition) is 1. The number of hydrogen-bond acceptors (Lipinski definition) is 4. The fraction of sp³-hybridized carbons (Fsp3) is 0.917. The largest absolute Gasteiger partial charge is 0.380 e. The van der Waals surface area contributed by atoms with Gasteiger partial charge in [-0.05, 0) is 11.8 Å². The van der Waals surface area contributed by atoms with E-state index in [4.69, 9.17) is 9.57 Å². The van der Waals surface area contributed by atoms with E-state index in [0.717, 1.165) is 6.54 Å². The smallest absolute Gasteiger partial charge is 0.263 e. The summed E-state index contributed by atoms with van der Waals surface area (Å²) in [6.07, 6.45) is 0.830. The fourth-order valence-corrected chi connectivity index (χ4v) is 1.91. The molecule has 0 aliphatic carbocycles. The maximum absolute atomic E-state index is 12.2. The predicted molar refractivity (Wildman–Crippen MR) is 65.4 cm³/mol. The fourth-order valence-electron chi connectivity index (χ4n) is 1.91. The maximum atomic E-state index is 12.2. The second-order valence-electron chi connectivity index (χ2n) is 5.67. The van der Waals surface area contributed by atoms with Crippen LogP contribution in [0.1, 0.15) is 27.2 Å². The number of nitrogens with zero attached hydrogens (tertiary/aromatic N) is 1. The molecular formula is C12H24N2O3. The first kappa shape index (κ1) is 14.4. The van der Waals surface area contributed by atoms with Crippen molar-refractivity contribution < 1.29 is 14.4 Å². The summed E-state index contributed by atoms with van der Waals surface area (Å²) in [4.78, 5) is 17.4. The lowest BCUT2D eigenvalue weighted by molar-refractivity contribution is -0.184. The number of rotatable bonds is 4. The Morgan fingerprint density at radius 2 is 2.06 bits per heavy atom. The molecule has 1 aliphatic rings. The summed E-state index contributed by atoms with van der Waals surface area (Å²) >= 11 is 0. The van der Waals surface area contributed by atoms with Gasteiger partial charge in [0, 0.05) is 13.7 Å². The van der Waals surface area contributed by atoms with E-state index < -0.39 is 0 Å². The van der Waals surface area contributed by atoms with Crippen LogP contribution < -0.4 is 5.32 Å². The summed E-state index contributed by atoms with van der Waals surface area (Å²) in [6, 6.07) is -0.192. The Morgan fingerprint density at radius 1 is 1.41 bits per heavy atom. The highest BCUT2D eigenvalue weighted by Crippen LogP contribution is 2.18. The van der Waals surface area contributed by atoms with Crippen molar-refractivity contribution in [1.29, 1.82) is 0 Å². The van der Waals surface area contributed by atoms with Gasteiger partial charge in [-0.25, -0.2) is 5.06 Å². The number of carbonyl (C=O) groups is 1. The second kappa shape index (κ2) is 5.80. The van der Waals surface area contributed by atoms with Crippen LogP contribution in [-0.4, -0.2) is 50.4 Å². The van der Waals surface area contributed by atoms with Crippen molar-refractivity contribution in [1.82, 2.24) is 10.4 Å². The van der Waals surface area contributed by atoms with Crippen LogP contribution in [0.4, 0.5) is 0 Å². The number of amides is 1. The lowest BCUT2D eigenvalue weighted by Gasteiger charge is -2.29. The molecule has 0 bridgehead atoms. The number of methoxy groups -OCH3 is 1. The summed E-state index contributed by atoms with van der Waals surface area (Å²) in [5.74, 6) is -0.0121. The monoisotopic (exact) mass is 244 g/mol. The van der Waals surface area contributed by atoms with E-state index in [1.54, 1.807) is 7.11 Å². The lowest BCUT2D eigenvalue weighted by Crippen LogP contribution is -2.46. The van der Waals surface area contributed by atoms with Crippen molar-refractivity contribution in [3.63, 3.8) is 0 Å². The minimum absolute atomic E-state index is 0.0121. The Kier molecular flexibility index (Phi) is 4.91. The molecule has 0 spiro atoms. The molecule has 0 aromatic heterocycles. The topological polar surface area (TPSA) is 50.8 Å². The van der Waals surface area contributed by atoms with Crippen molar-refractivity contribution in [3.05, 3.63) is 0 Å². The molecule has 100 valence electrons. The average molecular weight is 244 g/mol. The molecule has 1 heterocycles. The Morgan fingerprint density at radius 3 is 2.47 bits per heavy atom. The van der Waals surface area contributed by atoms with Crippen LogP contribution in [0.5, 0.6) is 0 Å². The van der Waals surface area contributed by atoms with Crippen LogP contribution in [0.3, 0.4) is 0 Å². The van der Waals surface area contributed by atoms with Gasteiger partial charge in [-0.15, -0.1) is 0 Å². The van der Waals surface area contributed by atoms with Gasteiger partial charge in [-0.2, -0.15) is 0 Å². The molecular weight excluding hydrogens is 220 g/mol. The first-order valence-corrected chi connectivity index (χ1v) is 5.99. The summed E-state index contributed by atoms with van der Waals surface area (Å²) in [5, 5.41) is 4.60. The molecule has 0 aromatic rings. The standard InChI is InChI=1S/C12H24N2O3/c1-12(2,3)8-14(17-5)11(15)10-6-9(16-4)7-13-10/h9-10,13H,6-8H2,1-5H3. The van der Waals surface area contributed by atoms with E-state index in [-0.39, 0.29) is 23.5 Å². The molecule has 1 N–H and O–H groups in total. The van der Waals surface area contributed by atoms with Crippen molar-refractivity contribution in [2.24, 2.45) is 5.41 Å². The summed E-state index contributed by atoms with van der Waals surface area (Å²) in [5.41, 5.74) is 0.0188. The van der Waals surface area contributed by atoms with E-state index >= 15 is 0 Å². The van der Waals surface area contributed by atoms with E-state index in [9.17, 15) is 4.79 Å². The first-order chi connectivity index (χ1) is 7.87. The van der Waals surface area contributed by atoms with E-state index in [1.807, 2.05) is 0 Å².